The molecule has 0 bridgehead atoms. The number of rotatable bonds is 6. The normalized spacial score (nSPS) is 17.9. The topological polar surface area (TPSA) is 114 Å². The van der Waals surface area contributed by atoms with Gasteiger partial charge in [0.15, 0.2) is 12.7 Å². The van der Waals surface area contributed by atoms with E-state index < -0.39 is 6.10 Å². The summed E-state index contributed by atoms with van der Waals surface area (Å²) in [4.78, 5) is 32.5. The van der Waals surface area contributed by atoms with Gasteiger partial charge in [-0.1, -0.05) is 27.2 Å². The molecule has 1 unspecified atom stereocenters. The van der Waals surface area contributed by atoms with E-state index in [9.17, 15) is 9.18 Å². The number of hydrogen-bond acceptors (Lipinski definition) is 9. The fourth-order valence-corrected chi connectivity index (χ4v) is 5.77. The summed E-state index contributed by atoms with van der Waals surface area (Å²) >= 11 is 4.96. The molecule has 0 N–H and O–H groups in total. The Bertz CT molecular complexity index is 1330. The van der Waals surface area contributed by atoms with Crippen LogP contribution in [0.5, 0.6) is 6.01 Å². The average molecular weight is 571 g/mol. The lowest BCUT2D eigenvalue weighted by Crippen LogP contribution is -2.40. The minimum atomic E-state index is -0.495. The smallest absolute Gasteiger partial charge is 0.318 e. The van der Waals surface area contributed by atoms with Crippen LogP contribution in [0.3, 0.4) is 0 Å². The Balaban J connectivity index is 1.13. The molecular formula is C24H20BrFN6O3S. The van der Waals surface area contributed by atoms with Gasteiger partial charge in [-0.25, -0.2) is 14.4 Å². The number of ether oxygens (including phenoxy) is 1. The molecule has 1 atom stereocenters. The van der Waals surface area contributed by atoms with Crippen molar-refractivity contribution in [1.82, 2.24) is 19.9 Å². The Hall–Kier alpha value is -3.43. The average Bonchev–Trinajstić information content (AvgIpc) is 3.58. The third-order valence-electron chi connectivity index (χ3n) is 6.08. The van der Waals surface area contributed by atoms with Crippen molar-refractivity contribution in [2.24, 2.45) is 5.16 Å². The molecule has 0 spiro atoms. The van der Waals surface area contributed by atoms with Gasteiger partial charge < -0.3 is 14.5 Å². The van der Waals surface area contributed by atoms with Gasteiger partial charge >= 0.3 is 6.01 Å². The molecule has 3 aromatic rings. The highest BCUT2D eigenvalue weighted by Crippen LogP contribution is 2.37. The van der Waals surface area contributed by atoms with Gasteiger partial charge in [0, 0.05) is 47.0 Å². The number of nitrogens with zero attached hydrogens (tertiary/aromatic N) is 6. The molecule has 4 heterocycles. The zero-order valence-electron chi connectivity index (χ0n) is 18.9. The van der Waals surface area contributed by atoms with Crippen LogP contribution in [0.2, 0.25) is 0 Å². The minimum absolute atomic E-state index is 0.0102. The van der Waals surface area contributed by atoms with Gasteiger partial charge in [0.1, 0.15) is 23.3 Å². The van der Waals surface area contributed by atoms with Gasteiger partial charge in [-0.15, -0.1) is 11.3 Å². The fourth-order valence-electron chi connectivity index (χ4n) is 4.18. The van der Waals surface area contributed by atoms with E-state index in [-0.39, 0.29) is 36.0 Å². The van der Waals surface area contributed by atoms with Crippen LogP contribution in [0.25, 0.3) is 0 Å². The van der Waals surface area contributed by atoms with Crippen LogP contribution >= 0.6 is 27.3 Å². The summed E-state index contributed by atoms with van der Waals surface area (Å²) in [5, 5.41) is 16.0. The van der Waals surface area contributed by atoms with Crippen molar-refractivity contribution >= 4 is 38.9 Å². The van der Waals surface area contributed by atoms with Gasteiger partial charge in [-0.05, 0) is 31.0 Å². The Morgan fingerprint density at radius 1 is 1.31 bits per heavy atom. The van der Waals surface area contributed by atoms with Crippen molar-refractivity contribution in [3.63, 3.8) is 0 Å². The van der Waals surface area contributed by atoms with Crippen LogP contribution in [0.4, 0.5) is 4.39 Å². The predicted molar refractivity (Wildman–Crippen MR) is 132 cm³/mol. The highest BCUT2D eigenvalue weighted by molar-refractivity contribution is 9.10. The van der Waals surface area contributed by atoms with Gasteiger partial charge in [-0.3, -0.25) is 4.79 Å². The van der Waals surface area contributed by atoms with Crippen molar-refractivity contribution in [3.8, 4) is 12.1 Å². The Morgan fingerprint density at radius 2 is 2.14 bits per heavy atom. The van der Waals surface area contributed by atoms with E-state index in [0.29, 0.717) is 35.3 Å². The molecule has 0 aliphatic carbocycles. The molecule has 2 aromatic heterocycles. The van der Waals surface area contributed by atoms with Crippen LogP contribution in [-0.4, -0.2) is 51.2 Å². The van der Waals surface area contributed by atoms with Gasteiger partial charge in [0.05, 0.1) is 10.7 Å². The molecule has 184 valence electrons. The molecule has 0 radical (unpaired) electrons. The summed E-state index contributed by atoms with van der Waals surface area (Å²) < 4.78 is 20.3. The van der Waals surface area contributed by atoms with E-state index in [1.807, 2.05) is 11.4 Å². The molecule has 9 nitrogen and oxygen atoms in total. The summed E-state index contributed by atoms with van der Waals surface area (Å²) in [5.74, 6) is -0.245. The molecule has 12 heteroatoms. The number of amides is 1. The van der Waals surface area contributed by atoms with E-state index in [1.54, 1.807) is 28.4 Å². The highest BCUT2D eigenvalue weighted by Gasteiger charge is 2.31. The van der Waals surface area contributed by atoms with E-state index >= 15 is 0 Å². The lowest BCUT2D eigenvalue weighted by atomic mass is 9.97. The van der Waals surface area contributed by atoms with E-state index in [4.69, 9.17) is 19.8 Å². The third-order valence-corrected chi connectivity index (χ3v) is 7.78. The molecule has 2 aliphatic heterocycles. The maximum absolute atomic E-state index is 14.3. The molecule has 5 rings (SSSR count). The number of halogens is 2. The Labute approximate surface area is 218 Å². The first kappa shape index (κ1) is 24.3. The standard InChI is InChI=1S/C24H20BrFN6O3S/c25-16-2-1-3-17(26)22(16)20-10-18(31-35-20)19-13-36-23(30-19)14-5-8-32(9-6-14)21(33)12-34-24-28-7-4-15(11-27)29-24/h1-4,7,13-14,20H,5-6,8-10,12H2. The summed E-state index contributed by atoms with van der Waals surface area (Å²) in [6.45, 7) is 1.00. The molecule has 36 heavy (non-hydrogen) atoms. The molecule has 2 aliphatic rings. The Kier molecular flexibility index (Phi) is 7.20. The van der Waals surface area contributed by atoms with Crippen LogP contribution in [0.1, 0.15) is 53.2 Å². The molecule has 0 saturated carbocycles. The number of nitriles is 1. The lowest BCUT2D eigenvalue weighted by molar-refractivity contribution is -0.134. The maximum atomic E-state index is 14.3. The number of hydrogen-bond donors (Lipinski definition) is 0. The Morgan fingerprint density at radius 3 is 2.92 bits per heavy atom. The summed E-state index contributed by atoms with van der Waals surface area (Å²) in [7, 11) is 0. The second kappa shape index (κ2) is 10.7. The lowest BCUT2D eigenvalue weighted by Gasteiger charge is -2.31. The largest absolute Gasteiger partial charge is 0.453 e. The number of aromatic nitrogens is 3. The monoisotopic (exact) mass is 570 g/mol. The number of carbonyl (C=O) groups excluding carboxylic acids is 1. The molecular weight excluding hydrogens is 551 g/mol. The van der Waals surface area contributed by atoms with E-state index in [0.717, 1.165) is 23.5 Å². The van der Waals surface area contributed by atoms with Gasteiger partial charge in [-0.2, -0.15) is 10.2 Å². The zero-order chi connectivity index (χ0) is 25.1. The van der Waals surface area contributed by atoms with Crippen LogP contribution < -0.4 is 4.74 Å². The van der Waals surface area contributed by atoms with Crippen LogP contribution in [-0.2, 0) is 9.63 Å². The third kappa shape index (κ3) is 5.22. The SMILES string of the molecule is N#Cc1ccnc(OCC(=O)N2CCC(c3nc(C4=NOC(c5c(F)cccc5Br)C4)cs3)CC2)n1. The fraction of sp³-hybridized carbons (Fsp3) is 0.333. The number of benzene rings is 1. The summed E-state index contributed by atoms with van der Waals surface area (Å²) in [5.41, 5.74) is 2.08. The quantitative estimate of drug-likeness (QED) is 0.432. The second-order valence-corrected chi connectivity index (χ2v) is 10.1. The highest BCUT2D eigenvalue weighted by atomic mass is 79.9. The van der Waals surface area contributed by atoms with Gasteiger partial charge in [0.2, 0.25) is 0 Å². The van der Waals surface area contributed by atoms with Crippen LogP contribution in [0.15, 0.2) is 45.5 Å². The first-order valence-corrected chi connectivity index (χ1v) is 12.9. The number of likely N-dealkylation sites (tertiary alicyclic amines) is 1. The van der Waals surface area contributed by atoms with Gasteiger partial charge in [0.25, 0.3) is 5.91 Å². The van der Waals surface area contributed by atoms with Crippen molar-refractivity contribution in [3.05, 3.63) is 68.1 Å². The second-order valence-electron chi connectivity index (χ2n) is 8.32. The minimum Gasteiger partial charge on any atom is -0.453 e. The number of piperidine rings is 1. The van der Waals surface area contributed by atoms with Crippen molar-refractivity contribution < 1.29 is 18.8 Å². The summed E-state index contributed by atoms with van der Waals surface area (Å²) in [6, 6.07) is 8.22. The predicted octanol–water partition coefficient (Wildman–Crippen LogP) is 4.36. The van der Waals surface area contributed by atoms with E-state index in [2.05, 4.69) is 31.1 Å². The van der Waals surface area contributed by atoms with Crippen molar-refractivity contribution in [2.75, 3.05) is 19.7 Å². The first-order chi connectivity index (χ1) is 17.5. The van der Waals surface area contributed by atoms with Crippen molar-refractivity contribution in [1.29, 1.82) is 5.26 Å². The number of carbonyl (C=O) groups is 1. The van der Waals surface area contributed by atoms with E-state index in [1.165, 1.54) is 18.3 Å². The molecule has 1 saturated heterocycles. The maximum Gasteiger partial charge on any atom is 0.318 e. The zero-order valence-corrected chi connectivity index (χ0v) is 21.3. The molecule has 1 aromatic carbocycles. The van der Waals surface area contributed by atoms with Crippen molar-refractivity contribution in [2.45, 2.75) is 31.3 Å². The molecule has 1 fully saturated rings. The van der Waals surface area contributed by atoms with Crippen LogP contribution in [0, 0.1) is 17.1 Å². The number of oxime groups is 1. The molecule has 1 amide bonds. The first-order valence-electron chi connectivity index (χ1n) is 11.3. The summed E-state index contributed by atoms with van der Waals surface area (Å²) in [6.07, 6.45) is 2.93. The number of thiazole rings is 1.